The second-order valence-electron chi connectivity index (χ2n) is 3.30. The molecule has 0 amide bonds. The van der Waals surface area contributed by atoms with Crippen LogP contribution in [0.1, 0.15) is 21.5 Å². The van der Waals surface area contributed by atoms with E-state index in [9.17, 15) is 9.59 Å². The summed E-state index contributed by atoms with van der Waals surface area (Å²) in [5, 5.41) is 8.63. The third-order valence-corrected chi connectivity index (χ3v) is 2.06. The molecule has 0 fully saturated rings. The van der Waals surface area contributed by atoms with E-state index in [4.69, 9.17) is 9.84 Å². The molecule has 15 heavy (non-hydrogen) atoms. The predicted octanol–water partition coefficient (Wildman–Crippen LogP) is 1.58. The summed E-state index contributed by atoms with van der Waals surface area (Å²) in [7, 11) is 1.41. The molecule has 0 aromatic heterocycles. The second kappa shape index (κ2) is 4.13. The molecule has 0 unspecified atom stereocenters. The Morgan fingerprint density at radius 2 is 1.87 bits per heavy atom. The molecule has 4 nitrogen and oxygen atoms in total. The van der Waals surface area contributed by atoms with Gasteiger partial charge in [-0.05, 0) is 31.0 Å². The summed E-state index contributed by atoms with van der Waals surface area (Å²) in [6, 6.07) is 3.35. The summed E-state index contributed by atoms with van der Waals surface area (Å²) in [4.78, 5) is 21.9. The molecular formula is C11H12O4. The third-order valence-electron chi connectivity index (χ3n) is 2.06. The van der Waals surface area contributed by atoms with Gasteiger partial charge in [0.2, 0.25) is 0 Å². The molecule has 1 aromatic carbocycles. The van der Waals surface area contributed by atoms with Gasteiger partial charge in [-0.3, -0.25) is 4.79 Å². The molecule has 1 N–H and O–H groups in total. The van der Waals surface area contributed by atoms with Gasteiger partial charge in [0.05, 0.1) is 12.7 Å². The molecular weight excluding hydrogens is 196 g/mol. The number of carboxylic acids is 1. The lowest BCUT2D eigenvalue weighted by Gasteiger charge is -2.10. The fourth-order valence-electron chi connectivity index (χ4n) is 1.51. The summed E-state index contributed by atoms with van der Waals surface area (Å²) in [6.45, 7) is 3.57. The lowest BCUT2D eigenvalue weighted by atomic mass is 10.0. The van der Waals surface area contributed by atoms with Gasteiger partial charge in [0.15, 0.2) is 0 Å². The molecule has 0 spiro atoms. The van der Waals surface area contributed by atoms with Crippen LogP contribution in [-0.4, -0.2) is 24.0 Å². The van der Waals surface area contributed by atoms with Crippen LogP contribution in [0.25, 0.3) is 0 Å². The van der Waals surface area contributed by atoms with Crippen molar-refractivity contribution in [2.75, 3.05) is 7.11 Å². The van der Waals surface area contributed by atoms with E-state index >= 15 is 0 Å². The SMILES string of the molecule is COc1c(C)cc(C)cc1C(=O)C(=O)O. The minimum atomic E-state index is -1.47. The van der Waals surface area contributed by atoms with Crippen LogP contribution in [0, 0.1) is 13.8 Å². The lowest BCUT2D eigenvalue weighted by Crippen LogP contribution is -2.14. The maximum absolute atomic E-state index is 11.3. The molecule has 0 aliphatic heterocycles. The van der Waals surface area contributed by atoms with Gasteiger partial charge < -0.3 is 9.84 Å². The van der Waals surface area contributed by atoms with E-state index < -0.39 is 11.8 Å². The number of carboxylic acid groups (broad SMARTS) is 1. The van der Waals surface area contributed by atoms with Crippen molar-refractivity contribution in [1.29, 1.82) is 0 Å². The van der Waals surface area contributed by atoms with Crippen LogP contribution in [0.2, 0.25) is 0 Å². The van der Waals surface area contributed by atoms with Crippen LogP contribution in [0.5, 0.6) is 5.75 Å². The van der Waals surface area contributed by atoms with E-state index in [1.165, 1.54) is 13.2 Å². The summed E-state index contributed by atoms with van der Waals surface area (Å²) in [6.07, 6.45) is 0. The van der Waals surface area contributed by atoms with Crippen LogP contribution in [0.4, 0.5) is 0 Å². The lowest BCUT2D eigenvalue weighted by molar-refractivity contribution is -0.131. The van der Waals surface area contributed by atoms with Gasteiger partial charge in [0.1, 0.15) is 5.75 Å². The monoisotopic (exact) mass is 208 g/mol. The van der Waals surface area contributed by atoms with E-state index in [1.807, 2.05) is 6.07 Å². The van der Waals surface area contributed by atoms with Crippen molar-refractivity contribution in [2.45, 2.75) is 13.8 Å². The first-order valence-corrected chi connectivity index (χ1v) is 4.40. The number of benzene rings is 1. The number of hydrogen-bond acceptors (Lipinski definition) is 3. The van der Waals surface area contributed by atoms with Crippen LogP contribution < -0.4 is 4.74 Å². The summed E-state index contributed by atoms with van der Waals surface area (Å²) >= 11 is 0. The molecule has 0 aliphatic rings. The fraction of sp³-hybridized carbons (Fsp3) is 0.273. The molecule has 0 saturated carbocycles. The van der Waals surface area contributed by atoms with Gasteiger partial charge in [0, 0.05) is 0 Å². The van der Waals surface area contributed by atoms with Gasteiger partial charge in [-0.15, -0.1) is 0 Å². The number of ketones is 1. The van der Waals surface area contributed by atoms with Crippen molar-refractivity contribution in [3.63, 3.8) is 0 Å². The fourth-order valence-corrected chi connectivity index (χ4v) is 1.51. The van der Waals surface area contributed by atoms with Crippen LogP contribution in [-0.2, 0) is 4.79 Å². The molecule has 0 saturated heterocycles. The van der Waals surface area contributed by atoms with E-state index in [0.717, 1.165) is 11.1 Å². The van der Waals surface area contributed by atoms with Crippen molar-refractivity contribution in [3.05, 3.63) is 28.8 Å². The van der Waals surface area contributed by atoms with Crippen molar-refractivity contribution in [1.82, 2.24) is 0 Å². The van der Waals surface area contributed by atoms with Gasteiger partial charge >= 0.3 is 5.97 Å². The molecule has 4 heteroatoms. The van der Waals surface area contributed by atoms with Crippen LogP contribution >= 0.6 is 0 Å². The van der Waals surface area contributed by atoms with Gasteiger partial charge in [-0.2, -0.15) is 0 Å². The van der Waals surface area contributed by atoms with Crippen LogP contribution in [0.3, 0.4) is 0 Å². The Bertz CT molecular complexity index is 421. The first kappa shape index (κ1) is 11.2. The minimum absolute atomic E-state index is 0.0995. The predicted molar refractivity (Wildman–Crippen MR) is 54.4 cm³/mol. The average molecular weight is 208 g/mol. The second-order valence-corrected chi connectivity index (χ2v) is 3.30. The average Bonchev–Trinajstić information content (AvgIpc) is 2.15. The number of ether oxygens (including phenoxy) is 1. The van der Waals surface area contributed by atoms with Crippen molar-refractivity contribution >= 4 is 11.8 Å². The molecule has 0 heterocycles. The zero-order valence-corrected chi connectivity index (χ0v) is 8.83. The zero-order chi connectivity index (χ0) is 11.6. The first-order chi connectivity index (χ1) is 6.97. The summed E-state index contributed by atoms with van der Waals surface area (Å²) < 4.78 is 5.02. The van der Waals surface area contributed by atoms with E-state index in [2.05, 4.69) is 0 Å². The number of aryl methyl sites for hydroxylation is 2. The Morgan fingerprint density at radius 3 is 2.33 bits per heavy atom. The maximum atomic E-state index is 11.3. The summed E-state index contributed by atoms with van der Waals surface area (Å²) in [5.74, 6) is -2.09. The van der Waals surface area contributed by atoms with Crippen LogP contribution in [0.15, 0.2) is 12.1 Å². The molecule has 0 radical (unpaired) electrons. The Morgan fingerprint density at radius 1 is 1.27 bits per heavy atom. The number of Topliss-reactive ketones (excluding diaryl/α,β-unsaturated/α-hetero) is 1. The van der Waals surface area contributed by atoms with Gasteiger partial charge in [0.25, 0.3) is 5.78 Å². The number of aliphatic carboxylic acids is 1. The molecule has 0 bridgehead atoms. The van der Waals surface area contributed by atoms with E-state index in [0.29, 0.717) is 5.75 Å². The largest absolute Gasteiger partial charge is 0.496 e. The van der Waals surface area contributed by atoms with Gasteiger partial charge in [-0.1, -0.05) is 6.07 Å². The molecule has 0 atom stereocenters. The normalized spacial score (nSPS) is 9.80. The standard InChI is InChI=1S/C11H12O4/c1-6-4-7(2)10(15-3)8(5-6)9(12)11(13)14/h4-5H,1-3H3,(H,13,14). The molecule has 1 rings (SSSR count). The molecule has 80 valence electrons. The topological polar surface area (TPSA) is 63.6 Å². The quantitative estimate of drug-likeness (QED) is 0.605. The highest BCUT2D eigenvalue weighted by Crippen LogP contribution is 2.25. The number of hydrogen-bond donors (Lipinski definition) is 1. The molecule has 0 aliphatic carbocycles. The summed E-state index contributed by atoms with van der Waals surface area (Å²) in [5.41, 5.74) is 1.68. The third kappa shape index (κ3) is 2.15. The Hall–Kier alpha value is -1.84. The number of carbonyl (C=O) groups is 2. The first-order valence-electron chi connectivity index (χ1n) is 4.40. The van der Waals surface area contributed by atoms with Crippen molar-refractivity contribution in [3.8, 4) is 5.75 Å². The zero-order valence-electron chi connectivity index (χ0n) is 8.83. The Labute approximate surface area is 87.5 Å². The Kier molecular flexibility index (Phi) is 3.09. The van der Waals surface area contributed by atoms with E-state index in [-0.39, 0.29) is 5.56 Å². The Balaban J connectivity index is 3.38. The maximum Gasteiger partial charge on any atom is 0.377 e. The highest BCUT2D eigenvalue weighted by Gasteiger charge is 2.20. The highest BCUT2D eigenvalue weighted by molar-refractivity contribution is 6.40. The minimum Gasteiger partial charge on any atom is -0.496 e. The van der Waals surface area contributed by atoms with Crippen molar-refractivity contribution in [2.24, 2.45) is 0 Å². The smallest absolute Gasteiger partial charge is 0.377 e. The van der Waals surface area contributed by atoms with E-state index in [1.54, 1.807) is 13.8 Å². The highest BCUT2D eigenvalue weighted by atomic mass is 16.5. The van der Waals surface area contributed by atoms with Crippen molar-refractivity contribution < 1.29 is 19.4 Å². The molecule has 1 aromatic rings. The van der Waals surface area contributed by atoms with Gasteiger partial charge in [-0.25, -0.2) is 4.79 Å². The number of rotatable bonds is 3. The number of carbonyl (C=O) groups excluding carboxylic acids is 1. The number of methoxy groups -OCH3 is 1.